The van der Waals surface area contributed by atoms with E-state index in [-0.39, 0.29) is 24.9 Å². The molecule has 3 atom stereocenters. The molecule has 0 bridgehead atoms. The fourth-order valence-electron chi connectivity index (χ4n) is 7.33. The highest BCUT2D eigenvalue weighted by molar-refractivity contribution is 5.77. The zero-order chi connectivity index (χ0) is 41.0. The zero-order valence-electron chi connectivity index (χ0n) is 37.3. The highest BCUT2D eigenvalue weighted by Crippen LogP contribution is 2.17. The number of esters is 1. The van der Waals surface area contributed by atoms with Crippen LogP contribution in [0.25, 0.3) is 0 Å². The summed E-state index contributed by atoms with van der Waals surface area (Å²) in [4.78, 5) is 26.0. The van der Waals surface area contributed by atoms with E-state index < -0.39 is 18.2 Å². The number of aliphatic hydroxyl groups is 2. The van der Waals surface area contributed by atoms with Crippen LogP contribution in [0, 0.1) is 0 Å². The number of unbranched alkanes of at least 4 members (excludes halogenated alkanes) is 25. The van der Waals surface area contributed by atoms with Gasteiger partial charge < -0.3 is 20.3 Å². The SMILES string of the molecule is CC/C=C/C/C=C/C/C=C/CCCCC(CC(=O)NC(CO)C(O)CCCCCCCCCCCCCC)OC(=O)CCCCCCCCCCCCCCC. The minimum absolute atomic E-state index is 0.0548. The van der Waals surface area contributed by atoms with Crippen molar-refractivity contribution in [3.63, 3.8) is 0 Å². The van der Waals surface area contributed by atoms with Crippen molar-refractivity contribution in [2.75, 3.05) is 6.61 Å². The van der Waals surface area contributed by atoms with Gasteiger partial charge in [-0.15, -0.1) is 0 Å². The molecule has 0 heterocycles. The van der Waals surface area contributed by atoms with Crippen molar-refractivity contribution >= 4 is 11.9 Å². The number of carbonyl (C=O) groups is 2. The number of allylic oxidation sites excluding steroid dienone is 6. The van der Waals surface area contributed by atoms with E-state index in [1.807, 2.05) is 0 Å². The van der Waals surface area contributed by atoms with Crippen LogP contribution in [0.2, 0.25) is 0 Å². The number of carbonyl (C=O) groups excluding carboxylic acids is 2. The maximum atomic E-state index is 13.1. The maximum absolute atomic E-state index is 13.1. The first-order valence-corrected chi connectivity index (χ1v) is 24.2. The molecule has 1 amide bonds. The molecule has 0 radical (unpaired) electrons. The van der Waals surface area contributed by atoms with Gasteiger partial charge in [0.05, 0.1) is 25.2 Å². The van der Waals surface area contributed by atoms with Gasteiger partial charge in [-0.2, -0.15) is 0 Å². The number of ether oxygens (including phenoxy) is 1. The van der Waals surface area contributed by atoms with Crippen LogP contribution >= 0.6 is 0 Å². The van der Waals surface area contributed by atoms with Gasteiger partial charge in [-0.3, -0.25) is 9.59 Å². The molecule has 0 fully saturated rings. The summed E-state index contributed by atoms with van der Waals surface area (Å²) in [7, 11) is 0. The summed E-state index contributed by atoms with van der Waals surface area (Å²) in [5.74, 6) is -0.505. The largest absolute Gasteiger partial charge is 0.462 e. The topological polar surface area (TPSA) is 95.9 Å². The monoisotopic (exact) mass is 788 g/mol. The lowest BCUT2D eigenvalue weighted by Gasteiger charge is -2.24. The molecule has 0 spiro atoms. The van der Waals surface area contributed by atoms with Crippen molar-refractivity contribution in [1.82, 2.24) is 5.32 Å². The highest BCUT2D eigenvalue weighted by Gasteiger charge is 2.24. The summed E-state index contributed by atoms with van der Waals surface area (Å²) >= 11 is 0. The summed E-state index contributed by atoms with van der Waals surface area (Å²) in [6, 6.07) is -0.709. The van der Waals surface area contributed by atoms with Crippen molar-refractivity contribution in [2.45, 2.75) is 264 Å². The van der Waals surface area contributed by atoms with Crippen molar-refractivity contribution in [1.29, 1.82) is 0 Å². The highest BCUT2D eigenvalue weighted by atomic mass is 16.5. The third-order valence-electron chi connectivity index (χ3n) is 11.0. The summed E-state index contributed by atoms with van der Waals surface area (Å²) < 4.78 is 5.90. The van der Waals surface area contributed by atoms with Crippen LogP contribution in [0.5, 0.6) is 0 Å². The molecule has 0 aromatic rings. The van der Waals surface area contributed by atoms with E-state index in [1.165, 1.54) is 122 Å². The van der Waals surface area contributed by atoms with Gasteiger partial charge in [0.1, 0.15) is 6.10 Å². The Hall–Kier alpha value is -1.92. The Bertz CT molecular complexity index is 930. The van der Waals surface area contributed by atoms with Crippen LogP contribution in [-0.2, 0) is 14.3 Å². The average molecular weight is 788 g/mol. The Morgan fingerprint density at radius 3 is 1.45 bits per heavy atom. The van der Waals surface area contributed by atoms with E-state index in [2.05, 4.69) is 62.5 Å². The van der Waals surface area contributed by atoms with E-state index in [0.717, 1.165) is 77.0 Å². The first-order chi connectivity index (χ1) is 27.5. The summed E-state index contributed by atoms with van der Waals surface area (Å²) in [5.41, 5.74) is 0. The molecule has 0 aliphatic carbocycles. The van der Waals surface area contributed by atoms with Gasteiger partial charge in [0.15, 0.2) is 0 Å². The van der Waals surface area contributed by atoms with Gasteiger partial charge in [0.2, 0.25) is 5.91 Å². The molecule has 3 unspecified atom stereocenters. The number of hydrogen-bond acceptors (Lipinski definition) is 5. The molecule has 0 aliphatic rings. The molecule has 6 heteroatoms. The fraction of sp³-hybridized carbons (Fsp3) is 0.840. The molecule has 0 saturated carbocycles. The zero-order valence-corrected chi connectivity index (χ0v) is 37.3. The number of rotatable bonds is 43. The number of hydrogen-bond donors (Lipinski definition) is 3. The Labute approximate surface area is 347 Å². The second kappa shape index (κ2) is 44.2. The smallest absolute Gasteiger partial charge is 0.306 e. The van der Waals surface area contributed by atoms with Gasteiger partial charge in [0.25, 0.3) is 0 Å². The summed E-state index contributed by atoms with van der Waals surface area (Å²) in [6.07, 6.45) is 50.6. The summed E-state index contributed by atoms with van der Waals surface area (Å²) in [6.45, 7) is 6.35. The molecule has 0 saturated heterocycles. The van der Waals surface area contributed by atoms with Gasteiger partial charge >= 0.3 is 5.97 Å². The number of nitrogens with one attached hydrogen (secondary N) is 1. The van der Waals surface area contributed by atoms with E-state index in [0.29, 0.717) is 19.3 Å². The number of aliphatic hydroxyl groups excluding tert-OH is 2. The minimum Gasteiger partial charge on any atom is -0.462 e. The Balaban J connectivity index is 4.61. The van der Waals surface area contributed by atoms with E-state index in [4.69, 9.17) is 4.74 Å². The Kier molecular flexibility index (Phi) is 42.7. The lowest BCUT2D eigenvalue weighted by atomic mass is 10.0. The lowest BCUT2D eigenvalue weighted by molar-refractivity contribution is -0.151. The van der Waals surface area contributed by atoms with Gasteiger partial charge in [-0.25, -0.2) is 0 Å². The molecule has 328 valence electrons. The van der Waals surface area contributed by atoms with Crippen LogP contribution in [0.1, 0.15) is 245 Å². The van der Waals surface area contributed by atoms with Crippen molar-refractivity contribution < 1.29 is 24.5 Å². The van der Waals surface area contributed by atoms with Gasteiger partial charge in [-0.1, -0.05) is 211 Å². The standard InChI is InChI=1S/C50H93NO5/c1-4-7-10-13-16-19-22-25-28-31-34-37-40-43-50(55)56-46(41-38-35-32-29-26-23-20-17-14-11-8-5-2)44-49(54)51-47(45-52)48(53)42-39-36-33-30-27-24-21-18-15-12-9-6-3/h8,11,17,20,26,29,46-48,52-53H,4-7,9-10,12-16,18-19,21-25,27-28,30-45H2,1-3H3,(H,51,54)/b11-8+,20-17+,29-26+. The lowest BCUT2D eigenvalue weighted by Crippen LogP contribution is -2.46. The van der Waals surface area contributed by atoms with Gasteiger partial charge in [-0.05, 0) is 57.8 Å². The molecule has 0 aromatic heterocycles. The molecule has 3 N–H and O–H groups in total. The molecule has 56 heavy (non-hydrogen) atoms. The van der Waals surface area contributed by atoms with Crippen molar-refractivity contribution in [2.24, 2.45) is 0 Å². The Morgan fingerprint density at radius 2 is 0.964 bits per heavy atom. The van der Waals surface area contributed by atoms with E-state index in [9.17, 15) is 19.8 Å². The second-order valence-electron chi connectivity index (χ2n) is 16.5. The second-order valence-corrected chi connectivity index (χ2v) is 16.5. The molecule has 6 nitrogen and oxygen atoms in total. The molecular weight excluding hydrogens is 695 g/mol. The predicted octanol–water partition coefficient (Wildman–Crippen LogP) is 14.1. The van der Waals surface area contributed by atoms with Crippen LogP contribution < -0.4 is 5.32 Å². The average Bonchev–Trinajstić information content (AvgIpc) is 3.19. The van der Waals surface area contributed by atoms with E-state index in [1.54, 1.807) is 0 Å². The third kappa shape index (κ3) is 38.9. The van der Waals surface area contributed by atoms with Crippen LogP contribution in [0.4, 0.5) is 0 Å². The quantitative estimate of drug-likeness (QED) is 0.0325. The predicted molar refractivity (Wildman–Crippen MR) is 241 cm³/mol. The first-order valence-electron chi connectivity index (χ1n) is 24.2. The normalized spacial score (nSPS) is 13.6. The molecular formula is C50H93NO5. The maximum Gasteiger partial charge on any atom is 0.306 e. The number of amides is 1. The first kappa shape index (κ1) is 54.1. The van der Waals surface area contributed by atoms with Crippen molar-refractivity contribution in [3.05, 3.63) is 36.5 Å². The van der Waals surface area contributed by atoms with E-state index >= 15 is 0 Å². The van der Waals surface area contributed by atoms with Crippen LogP contribution in [-0.4, -0.2) is 46.9 Å². The van der Waals surface area contributed by atoms with Crippen LogP contribution in [0.3, 0.4) is 0 Å². The Morgan fingerprint density at radius 1 is 0.536 bits per heavy atom. The fourth-order valence-corrected chi connectivity index (χ4v) is 7.33. The third-order valence-corrected chi connectivity index (χ3v) is 11.0. The molecule has 0 rings (SSSR count). The van der Waals surface area contributed by atoms with Crippen LogP contribution in [0.15, 0.2) is 36.5 Å². The minimum atomic E-state index is -0.793. The molecule has 0 aromatic carbocycles. The molecule has 0 aliphatic heterocycles. The van der Waals surface area contributed by atoms with Crippen molar-refractivity contribution in [3.8, 4) is 0 Å². The van der Waals surface area contributed by atoms with Gasteiger partial charge in [0, 0.05) is 6.42 Å². The summed E-state index contributed by atoms with van der Waals surface area (Å²) in [5, 5.41) is 23.7.